The summed E-state index contributed by atoms with van der Waals surface area (Å²) in [6, 6.07) is 18.1. The molecule has 0 amide bonds. The quantitative estimate of drug-likeness (QED) is 0.254. The molecular weight excluding hydrogens is 494 g/mol. The Morgan fingerprint density at radius 3 is 2.51 bits per heavy atom. The summed E-state index contributed by atoms with van der Waals surface area (Å²) in [7, 11) is 1.65. The normalized spacial score (nSPS) is 17.6. The number of nitrogens with one attached hydrogen (secondary N) is 1. The van der Waals surface area contributed by atoms with Crippen molar-refractivity contribution in [2.24, 2.45) is 0 Å². The van der Waals surface area contributed by atoms with E-state index in [1.165, 1.54) is 6.33 Å². The molecule has 2 heterocycles. The highest BCUT2D eigenvalue weighted by atomic mass is 16.6. The molecule has 1 N–H and O–H groups in total. The average molecular weight is 530 g/mol. The first-order chi connectivity index (χ1) is 18.8. The fraction of sp³-hybridized carbons (Fsp3) is 0.387. The smallest absolute Gasteiger partial charge is 0.332 e. The fourth-order valence-corrected chi connectivity index (χ4v) is 5.05. The maximum Gasteiger partial charge on any atom is 0.332 e. The van der Waals surface area contributed by atoms with E-state index in [0.29, 0.717) is 5.71 Å². The SMILES string of the molecule is COc1ccc(-c2c(-c3ccccc3)oc3ncnc(N[C@H]4CCC[C@@H](OCC(=O)OC(C)(C)C)C4)c23)cc1. The second-order valence-electron chi connectivity index (χ2n) is 10.8. The van der Waals surface area contributed by atoms with Gasteiger partial charge in [0.2, 0.25) is 5.71 Å². The summed E-state index contributed by atoms with van der Waals surface area (Å²) in [4.78, 5) is 21.3. The molecule has 4 aromatic rings. The fourth-order valence-electron chi connectivity index (χ4n) is 5.05. The van der Waals surface area contributed by atoms with Crippen molar-refractivity contribution in [3.63, 3.8) is 0 Å². The van der Waals surface area contributed by atoms with E-state index in [2.05, 4.69) is 15.3 Å². The van der Waals surface area contributed by atoms with Crippen LogP contribution in [0.25, 0.3) is 33.6 Å². The number of methoxy groups -OCH3 is 1. The van der Waals surface area contributed by atoms with Gasteiger partial charge >= 0.3 is 5.97 Å². The second kappa shape index (κ2) is 11.5. The third-order valence-electron chi connectivity index (χ3n) is 6.73. The zero-order valence-electron chi connectivity index (χ0n) is 22.9. The Labute approximate surface area is 228 Å². The number of aromatic nitrogens is 2. The maximum absolute atomic E-state index is 12.2. The Hall–Kier alpha value is -3.91. The molecule has 2 aromatic heterocycles. The van der Waals surface area contributed by atoms with E-state index in [1.807, 2.05) is 75.4 Å². The summed E-state index contributed by atoms with van der Waals surface area (Å²) in [5, 5.41) is 4.48. The van der Waals surface area contributed by atoms with Gasteiger partial charge in [-0.2, -0.15) is 0 Å². The molecule has 0 unspecified atom stereocenters. The van der Waals surface area contributed by atoms with Gasteiger partial charge in [0, 0.05) is 17.2 Å². The van der Waals surface area contributed by atoms with E-state index in [9.17, 15) is 4.79 Å². The van der Waals surface area contributed by atoms with Crippen molar-refractivity contribution in [3.05, 3.63) is 60.9 Å². The van der Waals surface area contributed by atoms with Crippen molar-refractivity contribution in [1.29, 1.82) is 0 Å². The van der Waals surface area contributed by atoms with Crippen LogP contribution in [-0.2, 0) is 14.3 Å². The number of carbonyl (C=O) groups excluding carboxylic acids is 1. The number of fused-ring (bicyclic) bond motifs is 1. The lowest BCUT2D eigenvalue weighted by Crippen LogP contribution is -2.34. The van der Waals surface area contributed by atoms with Gasteiger partial charge in [-0.05, 0) is 64.2 Å². The molecule has 0 saturated heterocycles. The second-order valence-corrected chi connectivity index (χ2v) is 10.8. The highest BCUT2D eigenvalue weighted by Gasteiger charge is 2.27. The van der Waals surface area contributed by atoms with Crippen molar-refractivity contribution in [1.82, 2.24) is 9.97 Å². The molecule has 0 bridgehead atoms. The largest absolute Gasteiger partial charge is 0.497 e. The van der Waals surface area contributed by atoms with Gasteiger partial charge in [-0.1, -0.05) is 42.5 Å². The minimum atomic E-state index is -0.528. The summed E-state index contributed by atoms with van der Waals surface area (Å²) in [6.07, 6.45) is 5.11. The molecule has 5 rings (SSSR count). The van der Waals surface area contributed by atoms with Gasteiger partial charge in [0.05, 0.1) is 18.6 Å². The summed E-state index contributed by atoms with van der Waals surface area (Å²) in [6.45, 7) is 5.52. The third kappa shape index (κ3) is 6.40. The zero-order chi connectivity index (χ0) is 27.4. The number of benzene rings is 2. The van der Waals surface area contributed by atoms with Crippen molar-refractivity contribution in [2.45, 2.75) is 64.2 Å². The number of carbonyl (C=O) groups is 1. The van der Waals surface area contributed by atoms with Gasteiger partial charge in [-0.3, -0.25) is 0 Å². The molecule has 8 nitrogen and oxygen atoms in total. The number of esters is 1. The van der Waals surface area contributed by atoms with E-state index < -0.39 is 5.60 Å². The van der Waals surface area contributed by atoms with Crippen molar-refractivity contribution >= 4 is 22.9 Å². The monoisotopic (exact) mass is 529 g/mol. The predicted molar refractivity (Wildman–Crippen MR) is 151 cm³/mol. The lowest BCUT2D eigenvalue weighted by Gasteiger charge is -2.30. The van der Waals surface area contributed by atoms with Gasteiger partial charge in [0.25, 0.3) is 0 Å². The molecule has 1 aliphatic rings. The Kier molecular flexibility index (Phi) is 7.84. The van der Waals surface area contributed by atoms with E-state index in [-0.39, 0.29) is 24.7 Å². The summed E-state index contributed by atoms with van der Waals surface area (Å²) >= 11 is 0. The molecule has 0 aliphatic heterocycles. The van der Waals surface area contributed by atoms with Crippen LogP contribution in [0.3, 0.4) is 0 Å². The minimum absolute atomic E-state index is 0.0358. The lowest BCUT2D eigenvalue weighted by atomic mass is 9.92. The number of hydrogen-bond acceptors (Lipinski definition) is 8. The van der Waals surface area contributed by atoms with Crippen molar-refractivity contribution in [2.75, 3.05) is 19.0 Å². The number of furan rings is 1. The predicted octanol–water partition coefficient (Wildman–Crippen LogP) is 6.65. The first-order valence-corrected chi connectivity index (χ1v) is 13.4. The average Bonchev–Trinajstić information content (AvgIpc) is 3.32. The maximum atomic E-state index is 12.2. The van der Waals surface area contributed by atoms with E-state index >= 15 is 0 Å². The van der Waals surface area contributed by atoms with Gasteiger partial charge < -0.3 is 23.9 Å². The van der Waals surface area contributed by atoms with Crippen LogP contribution in [0.1, 0.15) is 46.5 Å². The Morgan fingerprint density at radius 2 is 1.79 bits per heavy atom. The van der Waals surface area contributed by atoms with E-state index in [1.54, 1.807) is 7.11 Å². The molecule has 39 heavy (non-hydrogen) atoms. The number of hydrogen-bond donors (Lipinski definition) is 1. The number of nitrogens with zero attached hydrogens (tertiary/aromatic N) is 2. The highest BCUT2D eigenvalue weighted by Crippen LogP contribution is 2.43. The molecule has 8 heteroatoms. The van der Waals surface area contributed by atoms with Gasteiger partial charge in [-0.15, -0.1) is 0 Å². The first-order valence-electron chi connectivity index (χ1n) is 13.4. The molecule has 2 atom stereocenters. The highest BCUT2D eigenvalue weighted by molar-refractivity contribution is 6.05. The molecule has 1 fully saturated rings. The van der Waals surface area contributed by atoms with E-state index in [4.69, 9.17) is 18.6 Å². The lowest BCUT2D eigenvalue weighted by molar-refractivity contribution is -0.162. The van der Waals surface area contributed by atoms with Gasteiger partial charge in [0.15, 0.2) is 0 Å². The molecule has 1 saturated carbocycles. The number of rotatable bonds is 8. The van der Waals surface area contributed by atoms with Crippen LogP contribution in [0.15, 0.2) is 65.3 Å². The van der Waals surface area contributed by atoms with Crippen molar-refractivity contribution in [3.8, 4) is 28.2 Å². The molecule has 0 spiro atoms. The topological polar surface area (TPSA) is 95.7 Å². The molecule has 2 aromatic carbocycles. The van der Waals surface area contributed by atoms with Gasteiger partial charge in [0.1, 0.15) is 35.9 Å². The Balaban J connectivity index is 1.43. The standard InChI is InChI=1S/C31H35N3O5/c1-31(2,3)39-25(35)18-37-24-12-8-11-22(17-24)34-29-27-26(20-13-15-23(36-4)16-14-20)28(21-9-6-5-7-10-21)38-30(27)33-19-32-29/h5-7,9-10,13-16,19,22,24H,8,11-12,17-18H2,1-4H3,(H,32,33,34)/t22-,24+/m0/s1. The molecule has 0 radical (unpaired) electrons. The van der Waals surface area contributed by atoms with Crippen LogP contribution in [0.5, 0.6) is 5.75 Å². The van der Waals surface area contributed by atoms with Crippen LogP contribution >= 0.6 is 0 Å². The third-order valence-corrected chi connectivity index (χ3v) is 6.73. The number of ether oxygens (including phenoxy) is 3. The number of anilines is 1. The summed E-state index contributed by atoms with van der Waals surface area (Å²) in [5.74, 6) is 1.89. The Morgan fingerprint density at radius 1 is 1.03 bits per heavy atom. The first kappa shape index (κ1) is 26.7. The zero-order valence-corrected chi connectivity index (χ0v) is 22.9. The van der Waals surface area contributed by atoms with Crippen LogP contribution < -0.4 is 10.1 Å². The Bertz CT molecular complexity index is 1410. The van der Waals surface area contributed by atoms with E-state index in [0.717, 1.165) is 65.1 Å². The summed E-state index contributed by atoms with van der Waals surface area (Å²) in [5.41, 5.74) is 2.86. The van der Waals surface area contributed by atoms with Crippen LogP contribution in [0, 0.1) is 0 Å². The summed E-state index contributed by atoms with van der Waals surface area (Å²) < 4.78 is 23.1. The van der Waals surface area contributed by atoms with Crippen LogP contribution in [0.2, 0.25) is 0 Å². The van der Waals surface area contributed by atoms with Gasteiger partial charge in [-0.25, -0.2) is 14.8 Å². The van der Waals surface area contributed by atoms with Crippen LogP contribution in [0.4, 0.5) is 5.82 Å². The van der Waals surface area contributed by atoms with Crippen molar-refractivity contribution < 1.29 is 23.4 Å². The van der Waals surface area contributed by atoms with Crippen LogP contribution in [-0.4, -0.2) is 47.4 Å². The molecule has 204 valence electrons. The molecular formula is C31H35N3O5. The molecule has 1 aliphatic carbocycles. The minimum Gasteiger partial charge on any atom is -0.497 e.